The summed E-state index contributed by atoms with van der Waals surface area (Å²) in [5, 5.41) is 86.6. The van der Waals surface area contributed by atoms with Gasteiger partial charge >= 0.3 is 35.5 Å². The van der Waals surface area contributed by atoms with Crippen LogP contribution in [0, 0.1) is 0 Å². The summed E-state index contributed by atoms with van der Waals surface area (Å²) in [6, 6.07) is 0. The van der Waals surface area contributed by atoms with E-state index in [0.29, 0.717) is 12.7 Å². The number of rotatable bonds is 23. The van der Waals surface area contributed by atoms with Gasteiger partial charge in [0.05, 0.1) is 25.8 Å². The molecule has 1 unspecified atom stereocenters. The number of hydrogen-bond acceptors (Lipinski definition) is 15. The minimum Gasteiger partial charge on any atom is -0.545 e. The molecule has 0 aromatic rings. The van der Waals surface area contributed by atoms with E-state index < -0.39 is 86.6 Å². The molecule has 2 aliphatic rings. The first-order valence-corrected chi connectivity index (χ1v) is 17.8. The maximum absolute atomic E-state index is 11.1. The summed E-state index contributed by atoms with van der Waals surface area (Å²) in [5.74, 6) is -2.00. The number of carboxylic acids is 1. The average molecular weight is 733 g/mol. The second-order valence-corrected chi connectivity index (χ2v) is 12.6. The molecule has 288 valence electrons. The summed E-state index contributed by atoms with van der Waals surface area (Å²) >= 11 is 0. The molecule has 10 atom stereocenters. The van der Waals surface area contributed by atoms with Gasteiger partial charge in [0.1, 0.15) is 48.8 Å². The first kappa shape index (κ1) is 49.2. The number of hydrogen-bond donors (Lipinski definition) is 8. The van der Waals surface area contributed by atoms with Crippen LogP contribution in [-0.4, -0.2) is 134 Å². The largest absolute Gasteiger partial charge is 1.00 e. The molecule has 2 saturated heterocycles. The number of esters is 1. The Kier molecular flexibility index (Phi) is 29.2. The summed E-state index contributed by atoms with van der Waals surface area (Å²) < 4.78 is 20.2. The van der Waals surface area contributed by atoms with Gasteiger partial charge in [-0.2, -0.15) is 0 Å². The molecule has 2 rings (SSSR count). The van der Waals surface area contributed by atoms with Crippen LogP contribution in [0.3, 0.4) is 0 Å². The van der Waals surface area contributed by atoms with Gasteiger partial charge in [-0.15, -0.1) is 0 Å². The number of unbranched alkanes of at least 4 members (excludes halogenated alkanes) is 15. The quantitative estimate of drug-likeness (QED) is 0.0222. The van der Waals surface area contributed by atoms with E-state index in [1.165, 1.54) is 89.9 Å². The van der Waals surface area contributed by atoms with Gasteiger partial charge < -0.3 is 69.7 Å². The summed E-state index contributed by atoms with van der Waals surface area (Å²) in [5.41, 5.74) is 0. The Balaban J connectivity index is 0.000000946. The molecular formula is C34H61NaO15. The van der Waals surface area contributed by atoms with Crippen molar-refractivity contribution >= 4 is 11.9 Å². The third-order valence-electron chi connectivity index (χ3n) is 8.58. The van der Waals surface area contributed by atoms with Gasteiger partial charge in [-0.25, -0.2) is 4.79 Å². The zero-order valence-electron chi connectivity index (χ0n) is 29.8. The van der Waals surface area contributed by atoms with E-state index in [9.17, 15) is 50.4 Å². The van der Waals surface area contributed by atoms with Crippen molar-refractivity contribution in [3.63, 3.8) is 0 Å². The van der Waals surface area contributed by atoms with Crippen molar-refractivity contribution in [3.05, 3.63) is 12.2 Å². The maximum atomic E-state index is 11.1. The number of ether oxygens (including phenoxy) is 4. The minimum absolute atomic E-state index is 0. The fraction of sp³-hybridized carbons (Fsp3) is 0.882. The molecule has 0 amide bonds. The molecule has 8 N–H and O–H groups in total. The van der Waals surface area contributed by atoms with Crippen LogP contribution in [-0.2, 0) is 28.5 Å². The summed E-state index contributed by atoms with van der Waals surface area (Å²) in [4.78, 5) is 21.2. The van der Waals surface area contributed by atoms with E-state index in [1.807, 2.05) is 0 Å². The van der Waals surface area contributed by atoms with E-state index in [-0.39, 0.29) is 29.6 Å². The molecule has 0 saturated carbocycles. The van der Waals surface area contributed by atoms with Crippen LogP contribution in [0.5, 0.6) is 0 Å². The maximum Gasteiger partial charge on any atom is 1.00 e. The van der Waals surface area contributed by atoms with Crippen molar-refractivity contribution in [2.24, 2.45) is 0 Å². The van der Waals surface area contributed by atoms with Crippen molar-refractivity contribution < 1.29 is 104 Å². The van der Waals surface area contributed by atoms with E-state index in [2.05, 4.69) is 6.92 Å². The van der Waals surface area contributed by atoms with Gasteiger partial charge in [0, 0.05) is 6.08 Å². The van der Waals surface area contributed by atoms with Crippen molar-refractivity contribution in [1.29, 1.82) is 0 Å². The number of aliphatic hydroxyl groups is 8. The first-order chi connectivity index (χ1) is 23.5. The number of aliphatic carboxylic acids is 1. The third kappa shape index (κ3) is 19.9. The van der Waals surface area contributed by atoms with E-state index >= 15 is 0 Å². The summed E-state index contributed by atoms with van der Waals surface area (Å²) in [7, 11) is 0. The van der Waals surface area contributed by atoms with Crippen molar-refractivity contribution in [2.45, 2.75) is 171 Å². The zero-order chi connectivity index (χ0) is 36.6. The van der Waals surface area contributed by atoms with Gasteiger partial charge in [0.25, 0.3) is 0 Å². The first-order valence-electron chi connectivity index (χ1n) is 17.8. The predicted octanol–water partition coefficient (Wildman–Crippen LogP) is -3.30. The fourth-order valence-corrected chi connectivity index (χ4v) is 5.58. The number of carbonyl (C=O) groups is 2. The molecule has 16 heteroatoms. The Bertz CT molecular complexity index is 893. The van der Waals surface area contributed by atoms with Gasteiger partial charge in [0.2, 0.25) is 0 Å². The Morgan fingerprint density at radius 1 is 0.620 bits per heavy atom. The molecule has 50 heavy (non-hydrogen) atoms. The molecule has 2 fully saturated rings. The normalized spacial score (nSPS) is 29.5. The molecule has 0 radical (unpaired) electrons. The van der Waals surface area contributed by atoms with Gasteiger partial charge in [-0.1, -0.05) is 103 Å². The molecule has 2 aliphatic heterocycles. The Labute approximate surface area is 317 Å². The van der Waals surface area contributed by atoms with Gasteiger partial charge in [-0.05, 0) is 12.5 Å². The van der Waals surface area contributed by atoms with Crippen LogP contribution in [0.1, 0.15) is 110 Å². The molecule has 0 spiro atoms. The standard InChI is InChI=1S/C22H40O4.C12H22O11.Na/c1-2-3-4-5-6-7-8-9-10-11-12-13-14-15-16-17-20-26-22(25)19-18-21(23)24;13-1-3-5(15)6(16)9(19)12(22-3)23-10-4(2-14)21-11(20)8(18)7(10)17;/h18-19H,2-17,20H2,1H3,(H,23,24);3-20H,1-2H2;/q;;+1/p-1/b19-18+;;/t;3-,4-,5+,6+,7-,8-,9-,10-,11?,12+;/m.1./s1. The Morgan fingerprint density at radius 3 is 1.56 bits per heavy atom. The monoisotopic (exact) mass is 732 g/mol. The predicted molar refractivity (Wildman–Crippen MR) is 173 cm³/mol. The Morgan fingerprint density at radius 2 is 1.10 bits per heavy atom. The van der Waals surface area contributed by atoms with Crippen LogP contribution in [0.25, 0.3) is 0 Å². The average Bonchev–Trinajstić information content (AvgIpc) is 3.09. The van der Waals surface area contributed by atoms with E-state index in [4.69, 9.17) is 24.1 Å². The molecule has 2 heterocycles. The Hall–Kier alpha value is -0.760. The van der Waals surface area contributed by atoms with E-state index in [0.717, 1.165) is 18.9 Å². The van der Waals surface area contributed by atoms with Crippen molar-refractivity contribution in [1.82, 2.24) is 0 Å². The summed E-state index contributed by atoms with van der Waals surface area (Å²) in [6.07, 6.45) is 6.88. The van der Waals surface area contributed by atoms with Gasteiger partial charge in [0.15, 0.2) is 12.6 Å². The molecule has 0 aromatic carbocycles. The minimum atomic E-state index is -1.74. The van der Waals surface area contributed by atoms with E-state index in [1.54, 1.807) is 0 Å². The van der Waals surface area contributed by atoms with Crippen molar-refractivity contribution in [3.8, 4) is 0 Å². The molecule has 0 bridgehead atoms. The van der Waals surface area contributed by atoms with Crippen LogP contribution >= 0.6 is 0 Å². The topological polar surface area (TPSA) is 256 Å². The molecular weight excluding hydrogens is 671 g/mol. The van der Waals surface area contributed by atoms with Crippen LogP contribution < -0.4 is 34.7 Å². The molecule has 0 aromatic heterocycles. The number of aliphatic hydroxyl groups excluding tert-OH is 8. The van der Waals surface area contributed by atoms with Crippen LogP contribution in [0.15, 0.2) is 12.2 Å². The van der Waals surface area contributed by atoms with Gasteiger partial charge in [-0.3, -0.25) is 0 Å². The molecule has 15 nitrogen and oxygen atoms in total. The number of carboxylic acid groups (broad SMARTS) is 1. The zero-order valence-corrected chi connectivity index (χ0v) is 31.8. The third-order valence-corrected chi connectivity index (χ3v) is 8.58. The fourth-order valence-electron chi connectivity index (χ4n) is 5.58. The van der Waals surface area contributed by atoms with Crippen LogP contribution in [0.4, 0.5) is 0 Å². The second-order valence-electron chi connectivity index (χ2n) is 12.6. The molecule has 0 aliphatic carbocycles. The van der Waals surface area contributed by atoms with Crippen LogP contribution in [0.2, 0.25) is 0 Å². The second kappa shape index (κ2) is 29.7. The smallest absolute Gasteiger partial charge is 0.545 e. The van der Waals surface area contributed by atoms with Crippen molar-refractivity contribution in [2.75, 3.05) is 19.8 Å². The SMILES string of the molecule is CCCCCCCCCCCCCCCCCCOC(=O)/C=C/C(=O)[O-].OC[C@H]1O[C@@H](O[C@H]2[C@H](O)[C@@H](O)C(O)O[C@@H]2CO)[C@H](O)[C@@H](O)[C@H]1O.[Na+]. The summed E-state index contributed by atoms with van der Waals surface area (Å²) in [6.45, 7) is 1.27. The number of carbonyl (C=O) groups excluding carboxylic acids is 2.